The number of rotatable bonds is 4. The minimum atomic E-state index is 0.533. The van der Waals surface area contributed by atoms with Gasteiger partial charge in [0.25, 0.3) is 0 Å². The van der Waals surface area contributed by atoms with E-state index in [2.05, 4.69) is 25.3 Å². The molecule has 0 radical (unpaired) electrons. The third-order valence-electron chi connectivity index (χ3n) is 3.92. The Bertz CT molecular complexity index is 1060. The van der Waals surface area contributed by atoms with Gasteiger partial charge in [-0.1, -0.05) is 6.07 Å². The molecule has 0 saturated heterocycles. The Kier molecular flexibility index (Phi) is 4.15. The summed E-state index contributed by atoms with van der Waals surface area (Å²) in [7, 11) is 0. The average molecular weight is 343 g/mol. The predicted octanol–water partition coefficient (Wildman–Crippen LogP) is 4.55. The minimum absolute atomic E-state index is 0.533. The van der Waals surface area contributed by atoms with Crippen molar-refractivity contribution in [1.82, 2.24) is 19.9 Å². The van der Waals surface area contributed by atoms with Crippen LogP contribution >= 0.6 is 0 Å². The van der Waals surface area contributed by atoms with Crippen LogP contribution < -0.4 is 5.32 Å². The monoisotopic (exact) mass is 343 g/mol. The quantitative estimate of drug-likeness (QED) is 0.585. The lowest BCUT2D eigenvalue weighted by Gasteiger charge is -2.06. The maximum atomic E-state index is 5.90. The molecule has 26 heavy (non-hydrogen) atoms. The topological polar surface area (TPSA) is 76.7 Å². The zero-order chi connectivity index (χ0) is 17.9. The summed E-state index contributed by atoms with van der Waals surface area (Å²) in [6.07, 6.45) is 5.19. The van der Waals surface area contributed by atoms with Gasteiger partial charge in [-0.25, -0.2) is 15.0 Å². The Morgan fingerprint density at radius 1 is 0.885 bits per heavy atom. The normalized spacial score (nSPS) is 10.7. The lowest BCUT2D eigenvalue weighted by atomic mass is 10.2. The molecule has 0 amide bonds. The summed E-state index contributed by atoms with van der Waals surface area (Å²) in [6.45, 7) is 3.95. The molecule has 128 valence electrons. The zero-order valence-corrected chi connectivity index (χ0v) is 14.5. The first-order chi connectivity index (χ1) is 12.7. The van der Waals surface area contributed by atoms with Crippen molar-refractivity contribution in [1.29, 1.82) is 0 Å². The number of pyridine rings is 3. The SMILES string of the molecule is Cc1ccnc(Nc2cccc(-c3cnc(-c4cccnc4C)o3)n2)c1. The molecule has 0 saturated carbocycles. The molecule has 4 aromatic rings. The molecule has 6 heteroatoms. The molecule has 0 bridgehead atoms. The Hall–Kier alpha value is -3.54. The molecule has 4 heterocycles. The molecule has 0 fully saturated rings. The number of nitrogens with one attached hydrogen (secondary N) is 1. The summed E-state index contributed by atoms with van der Waals surface area (Å²) >= 11 is 0. The lowest BCUT2D eigenvalue weighted by molar-refractivity contribution is 0.586. The van der Waals surface area contributed by atoms with Crippen LogP contribution in [0, 0.1) is 13.8 Å². The van der Waals surface area contributed by atoms with E-state index < -0.39 is 0 Å². The van der Waals surface area contributed by atoms with Gasteiger partial charge in [-0.3, -0.25) is 4.98 Å². The molecule has 0 aliphatic rings. The highest BCUT2D eigenvalue weighted by atomic mass is 16.4. The van der Waals surface area contributed by atoms with E-state index in [0.29, 0.717) is 23.2 Å². The van der Waals surface area contributed by atoms with Crippen LogP contribution in [0.4, 0.5) is 11.6 Å². The minimum Gasteiger partial charge on any atom is -0.434 e. The zero-order valence-electron chi connectivity index (χ0n) is 14.5. The fourth-order valence-electron chi connectivity index (χ4n) is 2.60. The Labute approximate surface area is 151 Å². The lowest BCUT2D eigenvalue weighted by Crippen LogP contribution is -1.96. The third kappa shape index (κ3) is 3.30. The van der Waals surface area contributed by atoms with Crippen molar-refractivity contribution in [3.63, 3.8) is 0 Å². The Morgan fingerprint density at radius 2 is 1.81 bits per heavy atom. The summed E-state index contributed by atoms with van der Waals surface area (Å²) in [5, 5.41) is 3.21. The summed E-state index contributed by atoms with van der Waals surface area (Å²) in [5.74, 6) is 2.57. The smallest absolute Gasteiger partial charge is 0.228 e. The van der Waals surface area contributed by atoms with Gasteiger partial charge in [0, 0.05) is 18.1 Å². The van der Waals surface area contributed by atoms with Crippen molar-refractivity contribution in [3.05, 3.63) is 72.3 Å². The molecule has 4 aromatic heterocycles. The van der Waals surface area contributed by atoms with E-state index in [9.17, 15) is 0 Å². The van der Waals surface area contributed by atoms with E-state index >= 15 is 0 Å². The number of anilines is 2. The van der Waals surface area contributed by atoms with Crippen molar-refractivity contribution in [2.24, 2.45) is 0 Å². The maximum Gasteiger partial charge on any atom is 0.228 e. The van der Waals surface area contributed by atoms with Gasteiger partial charge in [-0.05, 0) is 55.8 Å². The molecule has 1 N–H and O–H groups in total. The van der Waals surface area contributed by atoms with Crippen LogP contribution in [0.1, 0.15) is 11.3 Å². The average Bonchev–Trinajstić information content (AvgIpc) is 3.12. The Balaban J connectivity index is 1.62. The van der Waals surface area contributed by atoms with Gasteiger partial charge in [0.2, 0.25) is 5.89 Å². The van der Waals surface area contributed by atoms with E-state index in [0.717, 1.165) is 22.6 Å². The van der Waals surface area contributed by atoms with Gasteiger partial charge >= 0.3 is 0 Å². The van der Waals surface area contributed by atoms with Crippen LogP contribution in [0.3, 0.4) is 0 Å². The van der Waals surface area contributed by atoms with Crippen LogP contribution in [0.15, 0.2) is 65.5 Å². The van der Waals surface area contributed by atoms with Crippen LogP contribution in [0.5, 0.6) is 0 Å². The number of aromatic nitrogens is 4. The molecular formula is C20H17N5O. The second-order valence-electron chi connectivity index (χ2n) is 5.92. The Morgan fingerprint density at radius 3 is 2.65 bits per heavy atom. The van der Waals surface area contributed by atoms with Crippen LogP contribution in [0.25, 0.3) is 22.9 Å². The summed E-state index contributed by atoms with van der Waals surface area (Å²) in [6, 6.07) is 13.4. The van der Waals surface area contributed by atoms with Gasteiger partial charge in [0.1, 0.15) is 17.3 Å². The molecule has 0 aliphatic heterocycles. The van der Waals surface area contributed by atoms with Crippen molar-refractivity contribution < 1.29 is 4.42 Å². The molecule has 4 rings (SSSR count). The van der Waals surface area contributed by atoms with E-state index in [1.165, 1.54) is 0 Å². The molecule has 0 aromatic carbocycles. The van der Waals surface area contributed by atoms with Crippen LogP contribution in [-0.4, -0.2) is 19.9 Å². The molecule has 0 unspecified atom stereocenters. The van der Waals surface area contributed by atoms with Crippen molar-refractivity contribution >= 4 is 11.6 Å². The largest absolute Gasteiger partial charge is 0.434 e. The van der Waals surface area contributed by atoms with Gasteiger partial charge < -0.3 is 9.73 Å². The first-order valence-electron chi connectivity index (χ1n) is 8.24. The molecule has 0 aliphatic carbocycles. The molecular weight excluding hydrogens is 326 g/mol. The highest BCUT2D eigenvalue weighted by Gasteiger charge is 2.12. The molecule has 0 atom stereocenters. The first kappa shape index (κ1) is 16.0. The highest BCUT2D eigenvalue weighted by molar-refractivity contribution is 5.62. The van der Waals surface area contributed by atoms with Gasteiger partial charge in [-0.2, -0.15) is 0 Å². The van der Waals surface area contributed by atoms with Crippen molar-refractivity contribution in [2.75, 3.05) is 5.32 Å². The van der Waals surface area contributed by atoms with E-state index in [4.69, 9.17) is 4.42 Å². The maximum absolute atomic E-state index is 5.90. The van der Waals surface area contributed by atoms with Gasteiger partial charge in [0.05, 0.1) is 11.8 Å². The van der Waals surface area contributed by atoms with E-state index in [1.54, 1.807) is 18.6 Å². The second kappa shape index (κ2) is 6.76. The first-order valence-corrected chi connectivity index (χ1v) is 8.24. The van der Waals surface area contributed by atoms with Crippen LogP contribution in [-0.2, 0) is 0 Å². The summed E-state index contributed by atoms with van der Waals surface area (Å²) in [4.78, 5) is 17.5. The van der Waals surface area contributed by atoms with Gasteiger partial charge in [-0.15, -0.1) is 0 Å². The van der Waals surface area contributed by atoms with Gasteiger partial charge in [0.15, 0.2) is 5.76 Å². The van der Waals surface area contributed by atoms with Crippen molar-refractivity contribution in [3.8, 4) is 22.9 Å². The number of hydrogen-bond acceptors (Lipinski definition) is 6. The van der Waals surface area contributed by atoms with E-state index in [1.807, 2.05) is 56.3 Å². The third-order valence-corrected chi connectivity index (χ3v) is 3.92. The number of nitrogens with zero attached hydrogens (tertiary/aromatic N) is 4. The summed E-state index contributed by atoms with van der Waals surface area (Å²) < 4.78 is 5.90. The molecule has 0 spiro atoms. The van der Waals surface area contributed by atoms with Crippen molar-refractivity contribution in [2.45, 2.75) is 13.8 Å². The fourth-order valence-corrected chi connectivity index (χ4v) is 2.60. The standard InChI is InChI=1S/C20H17N5O/c1-13-8-10-22-19(11-13)25-18-7-3-6-16(24-18)17-12-23-20(26-17)15-5-4-9-21-14(15)2/h3-12H,1-2H3,(H,22,24,25). The predicted molar refractivity (Wildman–Crippen MR) is 100.0 cm³/mol. The number of hydrogen-bond donors (Lipinski definition) is 1. The number of oxazole rings is 1. The number of aryl methyl sites for hydroxylation is 2. The molecule has 6 nitrogen and oxygen atoms in total. The fraction of sp³-hybridized carbons (Fsp3) is 0.100. The summed E-state index contributed by atoms with van der Waals surface area (Å²) in [5.41, 5.74) is 3.57. The van der Waals surface area contributed by atoms with Crippen LogP contribution in [0.2, 0.25) is 0 Å². The van der Waals surface area contributed by atoms with E-state index in [-0.39, 0.29) is 0 Å². The highest BCUT2D eigenvalue weighted by Crippen LogP contribution is 2.27. The second-order valence-corrected chi connectivity index (χ2v) is 5.92.